The predicted octanol–water partition coefficient (Wildman–Crippen LogP) is 2.27. The maximum absolute atomic E-state index is 12.8. The summed E-state index contributed by atoms with van der Waals surface area (Å²) < 4.78 is 1.94. The van der Waals surface area contributed by atoms with Crippen LogP contribution in [0, 0.1) is 0 Å². The van der Waals surface area contributed by atoms with Crippen molar-refractivity contribution in [1.82, 2.24) is 29.6 Å². The van der Waals surface area contributed by atoms with Crippen LogP contribution < -0.4 is 0 Å². The molecule has 1 saturated heterocycles. The molecule has 3 aromatic rings. The summed E-state index contributed by atoms with van der Waals surface area (Å²) in [5.41, 5.74) is 0.689. The molecular weight excluding hydrogens is 324 g/mol. The Kier molecular flexibility index (Phi) is 4.04. The van der Waals surface area contributed by atoms with E-state index in [9.17, 15) is 4.79 Å². The molecule has 4 rings (SSSR count). The van der Waals surface area contributed by atoms with Gasteiger partial charge < -0.3 is 4.90 Å². The Morgan fingerprint density at radius 2 is 2.17 bits per heavy atom. The van der Waals surface area contributed by atoms with Gasteiger partial charge in [0.15, 0.2) is 0 Å². The van der Waals surface area contributed by atoms with Crippen LogP contribution >= 0.6 is 11.3 Å². The van der Waals surface area contributed by atoms with Crippen molar-refractivity contribution in [2.75, 3.05) is 13.1 Å². The SMILES string of the molecule is O=C(c1cnc(-c2cnccn2)s1)N1CCCC(n2cccn2)C1. The highest BCUT2D eigenvalue weighted by Crippen LogP contribution is 2.26. The molecule has 0 radical (unpaired) electrons. The molecule has 0 N–H and O–H groups in total. The molecule has 0 aromatic carbocycles. The largest absolute Gasteiger partial charge is 0.336 e. The lowest BCUT2D eigenvalue weighted by atomic mass is 10.1. The van der Waals surface area contributed by atoms with Crippen LogP contribution in [0.3, 0.4) is 0 Å². The molecule has 1 aliphatic rings. The minimum Gasteiger partial charge on any atom is -0.336 e. The van der Waals surface area contributed by atoms with Gasteiger partial charge in [-0.3, -0.25) is 19.4 Å². The van der Waals surface area contributed by atoms with Gasteiger partial charge in [-0.1, -0.05) is 0 Å². The van der Waals surface area contributed by atoms with E-state index in [0.717, 1.165) is 19.4 Å². The highest BCUT2D eigenvalue weighted by atomic mass is 32.1. The zero-order valence-corrected chi connectivity index (χ0v) is 13.8. The van der Waals surface area contributed by atoms with Gasteiger partial charge >= 0.3 is 0 Å². The minimum atomic E-state index is 0.0273. The number of hydrogen-bond acceptors (Lipinski definition) is 6. The lowest BCUT2D eigenvalue weighted by Crippen LogP contribution is -2.40. The Morgan fingerprint density at radius 1 is 1.21 bits per heavy atom. The summed E-state index contributed by atoms with van der Waals surface area (Å²) in [4.78, 5) is 27.9. The quantitative estimate of drug-likeness (QED) is 0.731. The molecule has 0 bridgehead atoms. The molecule has 8 heteroatoms. The number of carbonyl (C=O) groups is 1. The highest BCUT2D eigenvalue weighted by Gasteiger charge is 2.27. The Bertz CT molecular complexity index is 816. The van der Waals surface area contributed by atoms with E-state index in [0.29, 0.717) is 22.1 Å². The normalized spacial score (nSPS) is 17.8. The lowest BCUT2D eigenvalue weighted by molar-refractivity contribution is 0.0677. The maximum atomic E-state index is 12.8. The molecular formula is C16H16N6OS. The van der Waals surface area contributed by atoms with Crippen LogP contribution in [-0.2, 0) is 0 Å². The van der Waals surface area contributed by atoms with Gasteiger partial charge in [-0.25, -0.2) is 4.98 Å². The molecule has 122 valence electrons. The first-order chi connectivity index (χ1) is 11.8. The van der Waals surface area contributed by atoms with E-state index < -0.39 is 0 Å². The van der Waals surface area contributed by atoms with Crippen molar-refractivity contribution in [3.63, 3.8) is 0 Å². The van der Waals surface area contributed by atoms with Gasteiger partial charge in [-0.15, -0.1) is 11.3 Å². The van der Waals surface area contributed by atoms with Crippen molar-refractivity contribution in [2.24, 2.45) is 0 Å². The number of carbonyl (C=O) groups excluding carboxylic acids is 1. The van der Waals surface area contributed by atoms with Crippen LogP contribution in [0.4, 0.5) is 0 Å². The summed E-state index contributed by atoms with van der Waals surface area (Å²) in [7, 11) is 0. The van der Waals surface area contributed by atoms with E-state index in [1.807, 2.05) is 21.8 Å². The number of hydrogen-bond donors (Lipinski definition) is 0. The monoisotopic (exact) mass is 340 g/mol. The fourth-order valence-corrected chi connectivity index (χ4v) is 3.75. The molecule has 24 heavy (non-hydrogen) atoms. The van der Waals surface area contributed by atoms with Gasteiger partial charge in [0, 0.05) is 37.9 Å². The van der Waals surface area contributed by atoms with Crippen LogP contribution in [0.1, 0.15) is 28.6 Å². The average molecular weight is 340 g/mol. The minimum absolute atomic E-state index is 0.0273. The van der Waals surface area contributed by atoms with Crippen LogP contribution in [0.25, 0.3) is 10.7 Å². The van der Waals surface area contributed by atoms with Crippen LogP contribution in [0.5, 0.6) is 0 Å². The van der Waals surface area contributed by atoms with E-state index in [1.165, 1.54) is 11.3 Å². The van der Waals surface area contributed by atoms with Gasteiger partial charge in [0.1, 0.15) is 15.6 Å². The zero-order valence-electron chi connectivity index (χ0n) is 12.9. The first-order valence-electron chi connectivity index (χ1n) is 7.82. The molecule has 0 aliphatic carbocycles. The predicted molar refractivity (Wildman–Crippen MR) is 89.5 cm³/mol. The third-order valence-corrected chi connectivity index (χ3v) is 5.09. The topological polar surface area (TPSA) is 76.8 Å². The molecule has 1 unspecified atom stereocenters. The summed E-state index contributed by atoms with van der Waals surface area (Å²) in [6.07, 6.45) is 12.3. The van der Waals surface area contributed by atoms with E-state index in [-0.39, 0.29) is 11.9 Å². The van der Waals surface area contributed by atoms with Crippen molar-refractivity contribution in [2.45, 2.75) is 18.9 Å². The van der Waals surface area contributed by atoms with Gasteiger partial charge in [0.25, 0.3) is 5.91 Å². The number of amides is 1. The van der Waals surface area contributed by atoms with Gasteiger partial charge in [0.05, 0.1) is 18.4 Å². The molecule has 1 amide bonds. The molecule has 1 atom stereocenters. The molecule has 3 aromatic heterocycles. The van der Waals surface area contributed by atoms with Gasteiger partial charge in [-0.05, 0) is 18.9 Å². The van der Waals surface area contributed by atoms with Crippen molar-refractivity contribution in [3.05, 3.63) is 48.1 Å². The highest BCUT2D eigenvalue weighted by molar-refractivity contribution is 7.16. The van der Waals surface area contributed by atoms with Crippen LogP contribution in [0.2, 0.25) is 0 Å². The summed E-state index contributed by atoms with van der Waals surface area (Å²) in [5.74, 6) is 0.0273. The number of rotatable bonds is 3. The Labute approximate surface area is 143 Å². The van der Waals surface area contributed by atoms with Crippen molar-refractivity contribution >= 4 is 17.2 Å². The first kappa shape index (κ1) is 14.9. The lowest BCUT2D eigenvalue weighted by Gasteiger charge is -2.32. The van der Waals surface area contributed by atoms with Gasteiger partial charge in [0.2, 0.25) is 0 Å². The summed E-state index contributed by atoms with van der Waals surface area (Å²) in [6.45, 7) is 1.45. The second-order valence-corrected chi connectivity index (χ2v) is 6.68. The molecule has 4 heterocycles. The number of likely N-dealkylation sites (tertiary alicyclic amines) is 1. The maximum Gasteiger partial charge on any atom is 0.265 e. The number of aromatic nitrogens is 5. The fraction of sp³-hybridized carbons (Fsp3) is 0.312. The van der Waals surface area contributed by atoms with Crippen molar-refractivity contribution in [3.8, 4) is 10.7 Å². The van der Waals surface area contributed by atoms with E-state index in [1.54, 1.807) is 31.0 Å². The number of nitrogens with zero attached hydrogens (tertiary/aromatic N) is 6. The van der Waals surface area contributed by atoms with Gasteiger partial charge in [-0.2, -0.15) is 5.10 Å². The average Bonchev–Trinajstić information content (AvgIpc) is 3.34. The number of thiazole rings is 1. The molecule has 0 spiro atoms. The van der Waals surface area contributed by atoms with E-state index >= 15 is 0 Å². The first-order valence-corrected chi connectivity index (χ1v) is 8.63. The third kappa shape index (κ3) is 2.92. The van der Waals surface area contributed by atoms with Crippen LogP contribution in [0.15, 0.2) is 43.2 Å². The number of piperidine rings is 1. The summed E-state index contributed by atoms with van der Waals surface area (Å²) in [5, 5.41) is 5.02. The third-order valence-electron chi connectivity index (χ3n) is 4.08. The Balaban J connectivity index is 1.50. The fourth-order valence-electron chi connectivity index (χ4n) is 2.91. The second-order valence-electron chi connectivity index (χ2n) is 5.65. The van der Waals surface area contributed by atoms with Crippen molar-refractivity contribution in [1.29, 1.82) is 0 Å². The second kappa shape index (κ2) is 6.48. The zero-order chi connectivity index (χ0) is 16.4. The summed E-state index contributed by atoms with van der Waals surface area (Å²) >= 11 is 1.36. The molecule has 1 fully saturated rings. The van der Waals surface area contributed by atoms with E-state index in [2.05, 4.69) is 20.1 Å². The molecule has 0 saturated carbocycles. The Morgan fingerprint density at radius 3 is 2.96 bits per heavy atom. The smallest absolute Gasteiger partial charge is 0.265 e. The molecule has 1 aliphatic heterocycles. The standard InChI is InChI=1S/C16H16N6OS/c23-16(14-10-19-15(24-14)13-9-17-5-6-18-13)21-7-1-3-12(11-21)22-8-2-4-20-22/h2,4-6,8-10,12H,1,3,7,11H2. The summed E-state index contributed by atoms with van der Waals surface area (Å²) in [6, 6.07) is 2.15. The van der Waals surface area contributed by atoms with E-state index in [4.69, 9.17) is 0 Å². The molecule has 7 nitrogen and oxygen atoms in total. The Hall–Kier alpha value is -2.61. The van der Waals surface area contributed by atoms with Crippen molar-refractivity contribution < 1.29 is 4.79 Å². The van der Waals surface area contributed by atoms with Crippen LogP contribution in [-0.4, -0.2) is 48.6 Å².